The monoisotopic (exact) mass is 540 g/mol. The molecule has 8 nitrogen and oxygen atoms in total. The van der Waals surface area contributed by atoms with E-state index in [1.165, 1.54) is 4.90 Å². The Morgan fingerprint density at radius 1 is 1.08 bits per heavy atom. The molecular formula is C30H28N4O4S. The highest BCUT2D eigenvalue weighted by Crippen LogP contribution is 2.34. The molecule has 3 amide bonds. The zero-order valence-corrected chi connectivity index (χ0v) is 22.4. The predicted molar refractivity (Wildman–Crippen MR) is 152 cm³/mol. The zero-order valence-electron chi connectivity index (χ0n) is 21.5. The quantitative estimate of drug-likeness (QED) is 0.291. The van der Waals surface area contributed by atoms with Crippen LogP contribution < -0.4 is 4.90 Å². The van der Waals surface area contributed by atoms with Gasteiger partial charge in [-0.15, -0.1) is 11.8 Å². The molecule has 6 rings (SSSR count). The van der Waals surface area contributed by atoms with Crippen molar-refractivity contribution in [3.8, 4) is 11.1 Å². The number of aryl methyl sites for hydroxylation is 1. The lowest BCUT2D eigenvalue weighted by Gasteiger charge is -2.16. The molecule has 4 aromatic rings. The number of aromatic nitrogens is 2. The van der Waals surface area contributed by atoms with Crippen molar-refractivity contribution in [1.82, 2.24) is 14.5 Å². The molecule has 198 valence electrons. The number of fused-ring (bicyclic) bond motifs is 2. The van der Waals surface area contributed by atoms with Crippen LogP contribution in [0.1, 0.15) is 41.5 Å². The molecule has 2 aliphatic heterocycles. The van der Waals surface area contributed by atoms with Gasteiger partial charge in [-0.1, -0.05) is 55.8 Å². The minimum atomic E-state index is -0.954. The van der Waals surface area contributed by atoms with Gasteiger partial charge >= 0.3 is 12.0 Å². The summed E-state index contributed by atoms with van der Waals surface area (Å²) in [5.41, 5.74) is 5.10. The summed E-state index contributed by atoms with van der Waals surface area (Å²) < 4.78 is 2.16. The summed E-state index contributed by atoms with van der Waals surface area (Å²) >= 11 is 1.60. The van der Waals surface area contributed by atoms with Crippen LogP contribution in [0.4, 0.5) is 10.5 Å². The SMILES string of the molecule is CCCCc1nc2ccc(N3C(=O)C4CSCN4C3=O)cc2n1Cc1ccc(-c2ccccc2C(=O)O)cc1. The molecule has 3 aromatic carbocycles. The fourth-order valence-electron chi connectivity index (χ4n) is 5.34. The second-order valence-electron chi connectivity index (χ2n) is 9.88. The number of carboxylic acid groups (broad SMARTS) is 1. The van der Waals surface area contributed by atoms with Crippen LogP contribution in [-0.2, 0) is 17.8 Å². The Hall–Kier alpha value is -4.11. The molecule has 2 saturated heterocycles. The van der Waals surface area contributed by atoms with E-state index in [2.05, 4.69) is 11.5 Å². The number of carboxylic acids is 1. The van der Waals surface area contributed by atoms with Gasteiger partial charge in [0.15, 0.2) is 0 Å². The van der Waals surface area contributed by atoms with Crippen LogP contribution in [0.2, 0.25) is 0 Å². The van der Waals surface area contributed by atoms with Crippen LogP contribution in [-0.4, -0.2) is 55.1 Å². The molecule has 0 aliphatic carbocycles. The molecule has 0 spiro atoms. The van der Waals surface area contributed by atoms with E-state index in [1.807, 2.05) is 54.6 Å². The maximum absolute atomic E-state index is 13.1. The fraction of sp³-hybridized carbons (Fsp3) is 0.267. The van der Waals surface area contributed by atoms with E-state index in [0.717, 1.165) is 47.2 Å². The Kier molecular flexibility index (Phi) is 6.60. The average Bonchev–Trinajstić information content (AvgIpc) is 3.63. The fourth-order valence-corrected chi connectivity index (χ4v) is 6.48. The van der Waals surface area contributed by atoms with Crippen molar-refractivity contribution < 1.29 is 19.5 Å². The van der Waals surface area contributed by atoms with Gasteiger partial charge in [-0.2, -0.15) is 0 Å². The van der Waals surface area contributed by atoms with E-state index in [0.29, 0.717) is 29.4 Å². The first-order valence-corrected chi connectivity index (χ1v) is 14.2. The van der Waals surface area contributed by atoms with Gasteiger partial charge in [-0.05, 0) is 47.4 Å². The number of thioether (sulfide) groups is 1. The van der Waals surface area contributed by atoms with Crippen LogP contribution >= 0.6 is 11.8 Å². The summed E-state index contributed by atoms with van der Waals surface area (Å²) in [6.45, 7) is 2.71. The number of imidazole rings is 1. The third kappa shape index (κ3) is 4.46. The average molecular weight is 541 g/mol. The van der Waals surface area contributed by atoms with Crippen LogP contribution in [0, 0.1) is 0 Å². The van der Waals surface area contributed by atoms with Crippen molar-refractivity contribution in [1.29, 1.82) is 0 Å². The molecule has 2 fully saturated rings. The number of amides is 3. The number of anilines is 1. The van der Waals surface area contributed by atoms with Crippen molar-refractivity contribution in [3.05, 3.63) is 83.7 Å². The normalized spacial score (nSPS) is 16.9. The number of rotatable bonds is 8. The van der Waals surface area contributed by atoms with Crippen LogP contribution in [0.25, 0.3) is 22.2 Å². The lowest BCUT2D eigenvalue weighted by atomic mass is 9.99. The molecule has 3 heterocycles. The van der Waals surface area contributed by atoms with Gasteiger partial charge in [-0.25, -0.2) is 19.5 Å². The molecule has 1 unspecified atom stereocenters. The first kappa shape index (κ1) is 25.2. The molecule has 0 bridgehead atoms. The van der Waals surface area contributed by atoms with Gasteiger partial charge in [0, 0.05) is 18.7 Å². The van der Waals surface area contributed by atoms with E-state index in [9.17, 15) is 19.5 Å². The van der Waals surface area contributed by atoms with E-state index < -0.39 is 5.97 Å². The number of carbonyl (C=O) groups is 3. The van der Waals surface area contributed by atoms with Gasteiger partial charge in [0.2, 0.25) is 0 Å². The molecule has 0 radical (unpaired) electrons. The van der Waals surface area contributed by atoms with E-state index >= 15 is 0 Å². The Bertz CT molecular complexity index is 1570. The maximum atomic E-state index is 13.1. The number of nitrogens with zero attached hydrogens (tertiary/aromatic N) is 4. The minimum Gasteiger partial charge on any atom is -0.478 e. The van der Waals surface area contributed by atoms with Gasteiger partial charge < -0.3 is 14.6 Å². The number of aromatic carboxylic acids is 1. The maximum Gasteiger partial charge on any atom is 0.336 e. The number of unbranched alkanes of at least 4 members (excludes halogenated alkanes) is 1. The van der Waals surface area contributed by atoms with Crippen molar-refractivity contribution in [3.63, 3.8) is 0 Å². The Balaban J connectivity index is 1.35. The Labute approximate surface area is 230 Å². The predicted octanol–water partition coefficient (Wildman–Crippen LogP) is 5.63. The highest BCUT2D eigenvalue weighted by molar-refractivity contribution is 7.99. The lowest BCUT2D eigenvalue weighted by Crippen LogP contribution is -2.32. The number of carbonyl (C=O) groups excluding carboxylic acids is 2. The third-order valence-electron chi connectivity index (χ3n) is 7.41. The van der Waals surface area contributed by atoms with Crippen LogP contribution in [0.5, 0.6) is 0 Å². The number of hydrogen-bond acceptors (Lipinski definition) is 5. The zero-order chi connectivity index (χ0) is 27.1. The van der Waals surface area contributed by atoms with Crippen molar-refractivity contribution in [2.75, 3.05) is 16.5 Å². The van der Waals surface area contributed by atoms with Crippen LogP contribution in [0.3, 0.4) is 0 Å². The molecular weight excluding hydrogens is 512 g/mol. The molecule has 39 heavy (non-hydrogen) atoms. The highest BCUT2D eigenvalue weighted by Gasteiger charge is 2.48. The summed E-state index contributed by atoms with van der Waals surface area (Å²) in [5, 5.41) is 9.58. The molecule has 1 atom stereocenters. The van der Waals surface area contributed by atoms with Crippen LogP contribution in [0.15, 0.2) is 66.7 Å². The second-order valence-corrected chi connectivity index (χ2v) is 10.9. The lowest BCUT2D eigenvalue weighted by molar-refractivity contribution is -0.118. The number of urea groups is 1. The summed E-state index contributed by atoms with van der Waals surface area (Å²) in [6, 6.07) is 19.9. The third-order valence-corrected chi connectivity index (χ3v) is 8.42. The number of benzene rings is 3. The number of hydrogen-bond donors (Lipinski definition) is 1. The standard InChI is InChI=1S/C30H28N4O4S/c1-2-3-8-27-31-24-14-13-21(34-28(35)26-17-39-18-33(26)30(34)38)15-25(24)32(27)16-19-9-11-20(12-10-19)22-6-4-5-7-23(22)29(36)37/h4-7,9-15,26H,2-3,8,16-18H2,1H3,(H,36,37). The first-order valence-electron chi connectivity index (χ1n) is 13.1. The van der Waals surface area contributed by atoms with E-state index in [1.54, 1.807) is 28.8 Å². The van der Waals surface area contributed by atoms with E-state index in [-0.39, 0.29) is 23.5 Å². The highest BCUT2D eigenvalue weighted by atomic mass is 32.2. The van der Waals surface area contributed by atoms with Crippen molar-refractivity contribution >= 4 is 46.4 Å². The van der Waals surface area contributed by atoms with E-state index in [4.69, 9.17) is 4.98 Å². The summed E-state index contributed by atoms with van der Waals surface area (Å²) in [5.74, 6) is 1.01. The summed E-state index contributed by atoms with van der Waals surface area (Å²) in [6.07, 6.45) is 2.86. The minimum absolute atomic E-state index is 0.168. The topological polar surface area (TPSA) is 95.7 Å². The Morgan fingerprint density at radius 2 is 1.87 bits per heavy atom. The molecule has 1 aromatic heterocycles. The smallest absolute Gasteiger partial charge is 0.336 e. The second kappa shape index (κ2) is 10.2. The largest absolute Gasteiger partial charge is 0.478 e. The van der Waals surface area contributed by atoms with Crippen molar-refractivity contribution in [2.45, 2.75) is 38.8 Å². The number of imide groups is 1. The molecule has 2 aliphatic rings. The molecule has 1 N–H and O–H groups in total. The first-order chi connectivity index (χ1) is 19.0. The van der Waals surface area contributed by atoms with Gasteiger partial charge in [0.1, 0.15) is 11.9 Å². The van der Waals surface area contributed by atoms with Gasteiger partial charge in [0.25, 0.3) is 5.91 Å². The molecule has 9 heteroatoms. The summed E-state index contributed by atoms with van der Waals surface area (Å²) in [7, 11) is 0. The molecule has 0 saturated carbocycles. The van der Waals surface area contributed by atoms with Gasteiger partial charge in [-0.3, -0.25) is 4.79 Å². The Morgan fingerprint density at radius 3 is 2.62 bits per heavy atom. The van der Waals surface area contributed by atoms with Gasteiger partial charge in [0.05, 0.1) is 28.2 Å². The summed E-state index contributed by atoms with van der Waals surface area (Å²) in [4.78, 5) is 45.6. The van der Waals surface area contributed by atoms with Crippen molar-refractivity contribution in [2.24, 2.45) is 0 Å².